The molecule has 4 nitrogen and oxygen atoms in total. The molecule has 1 aliphatic heterocycles. The average Bonchev–Trinajstić information content (AvgIpc) is 1.90. The molecule has 1 radical (unpaired) electrons. The Balaban J connectivity index is 2.31. The molecule has 0 aromatic heterocycles. The van der Waals surface area contributed by atoms with E-state index in [-0.39, 0.29) is 11.9 Å². The van der Waals surface area contributed by atoms with E-state index in [2.05, 4.69) is 10.6 Å². The first-order valence-corrected chi connectivity index (χ1v) is 2.97. The van der Waals surface area contributed by atoms with E-state index >= 15 is 0 Å². The van der Waals surface area contributed by atoms with Crippen LogP contribution >= 0.6 is 0 Å². The molecule has 1 fully saturated rings. The number of hydrogen-bond donors (Lipinski definition) is 2. The smallest absolute Gasteiger partial charge is 0.236 e. The van der Waals surface area contributed by atoms with Gasteiger partial charge in [0.1, 0.15) is 6.04 Å². The molecule has 0 aromatic carbocycles. The van der Waals surface area contributed by atoms with Crippen molar-refractivity contribution < 1.29 is 4.79 Å². The van der Waals surface area contributed by atoms with Gasteiger partial charge in [0.2, 0.25) is 5.91 Å². The topological polar surface area (TPSA) is 69.2 Å². The van der Waals surface area contributed by atoms with Gasteiger partial charge in [-0.2, -0.15) is 0 Å². The minimum Gasteiger partial charge on any atom is -0.368 e. The lowest BCUT2D eigenvalue weighted by molar-refractivity contribution is -0.120. The lowest BCUT2D eigenvalue weighted by Crippen LogP contribution is -2.46. The first kappa shape index (κ1) is 6.51. The van der Waals surface area contributed by atoms with E-state index < -0.39 is 0 Å². The van der Waals surface area contributed by atoms with Crippen LogP contribution in [0.25, 0.3) is 0 Å². The van der Waals surface area contributed by atoms with Crippen LogP contribution in [0.2, 0.25) is 0 Å². The summed E-state index contributed by atoms with van der Waals surface area (Å²) in [4.78, 5) is 10.5. The van der Waals surface area contributed by atoms with Crippen molar-refractivity contribution in [2.45, 2.75) is 12.5 Å². The highest BCUT2D eigenvalue weighted by atomic mass is 16.1. The minimum atomic E-state index is -0.309. The average molecular weight is 128 g/mol. The summed E-state index contributed by atoms with van der Waals surface area (Å²) in [7, 11) is 0. The van der Waals surface area contributed by atoms with E-state index in [1.165, 1.54) is 0 Å². The number of nitrogens with zero attached hydrogens (tertiary/aromatic N) is 1. The second-order valence-corrected chi connectivity index (χ2v) is 2.05. The quantitative estimate of drug-likeness (QED) is 0.446. The molecule has 51 valence electrons. The largest absolute Gasteiger partial charge is 0.368 e. The maximum atomic E-state index is 10.5. The Morgan fingerprint density at radius 3 is 2.89 bits per heavy atom. The summed E-state index contributed by atoms with van der Waals surface area (Å²) in [5, 5.41) is 6.94. The lowest BCUT2D eigenvalue weighted by atomic mass is 10.2. The first-order chi connectivity index (χ1) is 4.30. The summed E-state index contributed by atoms with van der Waals surface area (Å²) in [5.41, 5.74) is 5.01. The molecule has 1 saturated heterocycles. The van der Waals surface area contributed by atoms with E-state index in [9.17, 15) is 4.79 Å². The second kappa shape index (κ2) is 2.80. The third-order valence-electron chi connectivity index (χ3n) is 1.35. The third kappa shape index (κ3) is 1.65. The molecule has 1 unspecified atom stereocenters. The van der Waals surface area contributed by atoms with Crippen molar-refractivity contribution in [2.24, 2.45) is 5.73 Å². The lowest BCUT2D eigenvalue weighted by Gasteiger charge is -2.18. The predicted molar refractivity (Wildman–Crippen MR) is 32.6 cm³/mol. The van der Waals surface area contributed by atoms with Gasteiger partial charge in [0.15, 0.2) is 0 Å². The van der Waals surface area contributed by atoms with Crippen molar-refractivity contribution >= 4 is 5.91 Å². The van der Waals surface area contributed by atoms with Crippen LogP contribution in [0.15, 0.2) is 0 Å². The highest BCUT2D eigenvalue weighted by Crippen LogP contribution is 1.94. The predicted octanol–water partition coefficient (Wildman–Crippen LogP) is -1.60. The van der Waals surface area contributed by atoms with Crippen LogP contribution in [0, 0.1) is 0 Å². The Kier molecular flexibility index (Phi) is 2.02. The van der Waals surface area contributed by atoms with Crippen molar-refractivity contribution in [3.63, 3.8) is 0 Å². The Hall–Kier alpha value is -0.610. The molecule has 0 bridgehead atoms. The fourth-order valence-corrected chi connectivity index (χ4v) is 0.816. The van der Waals surface area contributed by atoms with Gasteiger partial charge in [-0.15, -0.1) is 0 Å². The zero-order chi connectivity index (χ0) is 6.69. The van der Waals surface area contributed by atoms with Crippen LogP contribution in [0.1, 0.15) is 6.42 Å². The van der Waals surface area contributed by atoms with Crippen LogP contribution in [-0.4, -0.2) is 25.2 Å². The van der Waals surface area contributed by atoms with Gasteiger partial charge in [-0.3, -0.25) is 4.79 Å². The van der Waals surface area contributed by atoms with Gasteiger partial charge in [-0.05, 0) is 13.0 Å². The zero-order valence-corrected chi connectivity index (χ0v) is 5.13. The monoisotopic (exact) mass is 128 g/mol. The normalized spacial score (nSPS) is 27.8. The van der Waals surface area contributed by atoms with Gasteiger partial charge in [0, 0.05) is 0 Å². The zero-order valence-electron chi connectivity index (χ0n) is 5.13. The SMILES string of the molecule is NC(=O)C1CCNC[N]1. The molecule has 0 aromatic rings. The van der Waals surface area contributed by atoms with E-state index in [1.807, 2.05) is 0 Å². The van der Waals surface area contributed by atoms with Crippen LogP contribution < -0.4 is 16.4 Å². The molecule has 0 saturated carbocycles. The molecule has 1 amide bonds. The molecule has 1 heterocycles. The summed E-state index contributed by atoms with van der Waals surface area (Å²) in [6, 6.07) is -0.244. The fourth-order valence-electron chi connectivity index (χ4n) is 0.816. The summed E-state index contributed by atoms with van der Waals surface area (Å²) < 4.78 is 0. The molecule has 1 aliphatic rings. The molecular weight excluding hydrogens is 118 g/mol. The molecule has 9 heavy (non-hydrogen) atoms. The Bertz CT molecular complexity index is 109. The van der Waals surface area contributed by atoms with Gasteiger partial charge in [0.05, 0.1) is 6.67 Å². The van der Waals surface area contributed by atoms with Crippen molar-refractivity contribution in [1.29, 1.82) is 0 Å². The molecule has 1 rings (SSSR count). The number of nitrogens with two attached hydrogens (primary N) is 1. The van der Waals surface area contributed by atoms with Gasteiger partial charge in [-0.25, -0.2) is 5.32 Å². The third-order valence-corrected chi connectivity index (χ3v) is 1.35. The van der Waals surface area contributed by atoms with Crippen LogP contribution in [0.4, 0.5) is 0 Å². The van der Waals surface area contributed by atoms with E-state index in [1.54, 1.807) is 0 Å². The summed E-state index contributed by atoms with van der Waals surface area (Å²) in [6.07, 6.45) is 0.745. The number of primary amides is 1. The van der Waals surface area contributed by atoms with E-state index in [0.29, 0.717) is 6.67 Å². The van der Waals surface area contributed by atoms with Gasteiger partial charge in [0.25, 0.3) is 0 Å². The summed E-state index contributed by atoms with van der Waals surface area (Å²) in [5.74, 6) is -0.309. The molecule has 0 aliphatic carbocycles. The molecule has 1 atom stereocenters. The molecule has 3 N–H and O–H groups in total. The van der Waals surface area contributed by atoms with Crippen LogP contribution in [0.3, 0.4) is 0 Å². The maximum Gasteiger partial charge on any atom is 0.236 e. The number of amides is 1. The Labute approximate surface area is 53.8 Å². The summed E-state index contributed by atoms with van der Waals surface area (Å²) >= 11 is 0. The van der Waals surface area contributed by atoms with Gasteiger partial charge < -0.3 is 11.1 Å². The Morgan fingerprint density at radius 2 is 2.56 bits per heavy atom. The minimum absolute atomic E-state index is 0.244. The van der Waals surface area contributed by atoms with Gasteiger partial charge >= 0.3 is 0 Å². The molecule has 0 spiro atoms. The standard InChI is InChI=1S/C5H10N3O/c6-5(9)4-1-2-7-3-8-4/h4,7H,1-3H2,(H2,6,9). The second-order valence-electron chi connectivity index (χ2n) is 2.05. The number of carbonyl (C=O) groups excluding carboxylic acids is 1. The van der Waals surface area contributed by atoms with E-state index in [4.69, 9.17) is 5.73 Å². The van der Waals surface area contributed by atoms with Crippen molar-refractivity contribution in [3.8, 4) is 0 Å². The highest BCUT2D eigenvalue weighted by molar-refractivity contribution is 5.79. The van der Waals surface area contributed by atoms with Crippen molar-refractivity contribution in [2.75, 3.05) is 13.2 Å². The number of carbonyl (C=O) groups is 1. The molecular formula is C5H10N3O. The number of rotatable bonds is 1. The van der Waals surface area contributed by atoms with Gasteiger partial charge in [-0.1, -0.05) is 0 Å². The van der Waals surface area contributed by atoms with Crippen molar-refractivity contribution in [1.82, 2.24) is 10.6 Å². The van der Waals surface area contributed by atoms with E-state index in [0.717, 1.165) is 13.0 Å². The summed E-state index contributed by atoms with van der Waals surface area (Å²) in [6.45, 7) is 1.41. The Morgan fingerprint density at radius 1 is 1.78 bits per heavy atom. The first-order valence-electron chi connectivity index (χ1n) is 2.97. The maximum absolute atomic E-state index is 10.5. The van der Waals surface area contributed by atoms with Crippen LogP contribution in [-0.2, 0) is 4.79 Å². The number of hydrogen-bond acceptors (Lipinski definition) is 2. The highest BCUT2D eigenvalue weighted by Gasteiger charge is 2.17. The molecule has 4 heteroatoms. The fraction of sp³-hybridized carbons (Fsp3) is 0.800. The van der Waals surface area contributed by atoms with Crippen molar-refractivity contribution in [3.05, 3.63) is 0 Å². The number of nitrogens with one attached hydrogen (secondary N) is 1. The van der Waals surface area contributed by atoms with Crippen LogP contribution in [0.5, 0.6) is 0 Å².